The fourth-order valence-corrected chi connectivity index (χ4v) is 3.30. The van der Waals surface area contributed by atoms with Gasteiger partial charge in [-0.25, -0.2) is 10.0 Å². The largest absolute Gasteiger partial charge is 0.346 e. The van der Waals surface area contributed by atoms with Crippen molar-refractivity contribution in [1.82, 2.24) is 10.0 Å². The summed E-state index contributed by atoms with van der Waals surface area (Å²) < 4.78 is 11.9. The van der Waals surface area contributed by atoms with Crippen molar-refractivity contribution in [2.75, 3.05) is 33.4 Å². The van der Waals surface area contributed by atoms with Crippen LogP contribution in [0, 0.1) is 0 Å². The van der Waals surface area contributed by atoms with Gasteiger partial charge in [0, 0.05) is 26.6 Å². The van der Waals surface area contributed by atoms with Crippen LogP contribution in [-0.4, -0.2) is 55.2 Å². The van der Waals surface area contributed by atoms with Gasteiger partial charge in [0.25, 0.3) is 0 Å². The predicted molar refractivity (Wildman–Crippen MR) is 65.4 cm³/mol. The highest BCUT2D eigenvalue weighted by molar-refractivity contribution is 4.97. The third kappa shape index (κ3) is 2.03. The van der Waals surface area contributed by atoms with Gasteiger partial charge in [0.2, 0.25) is 0 Å². The van der Waals surface area contributed by atoms with Crippen molar-refractivity contribution >= 4 is 0 Å². The van der Waals surface area contributed by atoms with E-state index in [2.05, 4.69) is 29.2 Å². The Morgan fingerprint density at radius 1 is 1.18 bits per heavy atom. The molecule has 17 heavy (non-hydrogen) atoms. The van der Waals surface area contributed by atoms with Crippen LogP contribution < -0.4 is 0 Å². The molecular formula is C13H22N2O2. The third-order valence-corrected chi connectivity index (χ3v) is 4.23. The standard InChI is InChI=1S/C13H22N2O2/c1-14(15-8-4-5-9-15)12-6-2-3-7-13(12)16-10-11-17-13/h4-5,12H,2-3,6-11H2,1H3. The molecule has 4 heteroatoms. The molecule has 2 aliphatic heterocycles. The highest BCUT2D eigenvalue weighted by Gasteiger charge is 2.48. The molecule has 0 aromatic rings. The SMILES string of the molecule is CN(C1CCCCC12OCCO2)N1CC=CC1. The Balaban J connectivity index is 1.74. The first-order valence-electron chi connectivity index (χ1n) is 6.72. The summed E-state index contributed by atoms with van der Waals surface area (Å²) in [6, 6.07) is 0.374. The number of hydrazine groups is 1. The van der Waals surface area contributed by atoms with E-state index in [-0.39, 0.29) is 5.79 Å². The second-order valence-electron chi connectivity index (χ2n) is 5.19. The van der Waals surface area contributed by atoms with Gasteiger partial charge in [0.05, 0.1) is 19.3 Å². The molecule has 0 aromatic carbocycles. The van der Waals surface area contributed by atoms with Crippen LogP contribution >= 0.6 is 0 Å². The number of ether oxygens (including phenoxy) is 2. The minimum absolute atomic E-state index is 0.324. The van der Waals surface area contributed by atoms with Gasteiger partial charge < -0.3 is 9.47 Å². The zero-order chi connectivity index (χ0) is 11.7. The number of hydrogen-bond donors (Lipinski definition) is 0. The van der Waals surface area contributed by atoms with Crippen LogP contribution in [0.3, 0.4) is 0 Å². The summed E-state index contributed by atoms with van der Waals surface area (Å²) in [4.78, 5) is 0. The molecule has 0 aromatic heterocycles. The van der Waals surface area contributed by atoms with Crippen molar-refractivity contribution in [3.63, 3.8) is 0 Å². The van der Waals surface area contributed by atoms with Crippen LogP contribution in [0.1, 0.15) is 25.7 Å². The highest BCUT2D eigenvalue weighted by atomic mass is 16.7. The molecule has 2 fully saturated rings. The topological polar surface area (TPSA) is 24.9 Å². The Kier molecular flexibility index (Phi) is 3.21. The molecule has 1 aliphatic carbocycles. The second-order valence-corrected chi connectivity index (χ2v) is 5.19. The molecule has 0 radical (unpaired) electrons. The monoisotopic (exact) mass is 238 g/mol. The number of likely N-dealkylation sites (N-methyl/N-ethyl adjacent to an activating group) is 1. The molecule has 1 saturated carbocycles. The molecule has 0 N–H and O–H groups in total. The molecule has 2 heterocycles. The third-order valence-electron chi connectivity index (χ3n) is 4.23. The average molecular weight is 238 g/mol. The molecule has 1 unspecified atom stereocenters. The van der Waals surface area contributed by atoms with E-state index in [1.807, 2.05) is 0 Å². The van der Waals surface area contributed by atoms with Crippen molar-refractivity contribution < 1.29 is 9.47 Å². The van der Waals surface area contributed by atoms with Crippen LogP contribution in [0.4, 0.5) is 0 Å². The van der Waals surface area contributed by atoms with Gasteiger partial charge in [0.15, 0.2) is 5.79 Å². The molecule has 1 saturated heterocycles. The summed E-state index contributed by atoms with van der Waals surface area (Å²) in [7, 11) is 2.18. The van der Waals surface area contributed by atoms with E-state index in [4.69, 9.17) is 9.47 Å². The lowest BCUT2D eigenvalue weighted by molar-refractivity contribution is -0.240. The lowest BCUT2D eigenvalue weighted by Gasteiger charge is -2.46. The van der Waals surface area contributed by atoms with E-state index in [9.17, 15) is 0 Å². The molecule has 1 spiro atoms. The van der Waals surface area contributed by atoms with Crippen LogP contribution in [-0.2, 0) is 9.47 Å². The van der Waals surface area contributed by atoms with Crippen LogP contribution in [0.2, 0.25) is 0 Å². The minimum atomic E-state index is -0.324. The lowest BCUT2D eigenvalue weighted by atomic mass is 9.88. The maximum absolute atomic E-state index is 5.96. The lowest BCUT2D eigenvalue weighted by Crippen LogP contribution is -2.58. The first-order valence-corrected chi connectivity index (χ1v) is 6.72. The van der Waals surface area contributed by atoms with Gasteiger partial charge >= 0.3 is 0 Å². The molecule has 96 valence electrons. The first kappa shape index (κ1) is 11.7. The fourth-order valence-electron chi connectivity index (χ4n) is 3.30. The van der Waals surface area contributed by atoms with Gasteiger partial charge in [-0.05, 0) is 12.8 Å². The highest BCUT2D eigenvalue weighted by Crippen LogP contribution is 2.38. The van der Waals surface area contributed by atoms with Crippen LogP contribution in [0.5, 0.6) is 0 Å². The van der Waals surface area contributed by atoms with Gasteiger partial charge in [-0.3, -0.25) is 0 Å². The van der Waals surface area contributed by atoms with Crippen molar-refractivity contribution in [2.24, 2.45) is 0 Å². The van der Waals surface area contributed by atoms with Crippen LogP contribution in [0.25, 0.3) is 0 Å². The number of rotatable bonds is 2. The summed E-state index contributed by atoms with van der Waals surface area (Å²) in [5.41, 5.74) is 0. The molecule has 0 bridgehead atoms. The van der Waals surface area contributed by atoms with E-state index < -0.39 is 0 Å². The Bertz CT molecular complexity index is 292. The average Bonchev–Trinajstić information content (AvgIpc) is 3.00. The molecule has 0 amide bonds. The van der Waals surface area contributed by atoms with E-state index in [0.29, 0.717) is 6.04 Å². The molecule has 3 rings (SSSR count). The van der Waals surface area contributed by atoms with Gasteiger partial charge in [-0.15, -0.1) is 0 Å². The molecule has 4 nitrogen and oxygen atoms in total. The Hall–Kier alpha value is -0.420. The van der Waals surface area contributed by atoms with Crippen molar-refractivity contribution in [1.29, 1.82) is 0 Å². The molecule has 1 atom stereocenters. The number of hydrogen-bond acceptors (Lipinski definition) is 4. The van der Waals surface area contributed by atoms with Crippen molar-refractivity contribution in [3.05, 3.63) is 12.2 Å². The molecular weight excluding hydrogens is 216 g/mol. The van der Waals surface area contributed by atoms with E-state index in [1.54, 1.807) is 0 Å². The maximum Gasteiger partial charge on any atom is 0.185 e. The molecule has 3 aliphatic rings. The van der Waals surface area contributed by atoms with E-state index >= 15 is 0 Å². The van der Waals surface area contributed by atoms with Crippen molar-refractivity contribution in [3.8, 4) is 0 Å². The van der Waals surface area contributed by atoms with Gasteiger partial charge in [-0.1, -0.05) is 18.6 Å². The summed E-state index contributed by atoms with van der Waals surface area (Å²) >= 11 is 0. The first-order chi connectivity index (χ1) is 8.32. The Labute approximate surface area is 103 Å². The predicted octanol–water partition coefficient (Wildman–Crippen LogP) is 1.39. The summed E-state index contributed by atoms with van der Waals surface area (Å²) in [6.45, 7) is 3.54. The van der Waals surface area contributed by atoms with Crippen molar-refractivity contribution in [2.45, 2.75) is 37.5 Å². The summed E-state index contributed by atoms with van der Waals surface area (Å²) in [5, 5.41) is 4.72. The Morgan fingerprint density at radius 2 is 1.88 bits per heavy atom. The zero-order valence-corrected chi connectivity index (χ0v) is 10.6. The van der Waals surface area contributed by atoms with E-state index in [1.165, 1.54) is 19.3 Å². The van der Waals surface area contributed by atoms with E-state index in [0.717, 1.165) is 32.7 Å². The van der Waals surface area contributed by atoms with Gasteiger partial charge in [-0.2, -0.15) is 0 Å². The normalized spacial score (nSPS) is 32.9. The Morgan fingerprint density at radius 3 is 2.59 bits per heavy atom. The summed E-state index contributed by atoms with van der Waals surface area (Å²) in [6.07, 6.45) is 9.17. The zero-order valence-electron chi connectivity index (χ0n) is 10.6. The smallest absolute Gasteiger partial charge is 0.185 e. The van der Waals surface area contributed by atoms with Crippen LogP contribution in [0.15, 0.2) is 12.2 Å². The minimum Gasteiger partial charge on any atom is -0.346 e. The number of nitrogens with zero attached hydrogens (tertiary/aromatic N) is 2. The second kappa shape index (κ2) is 4.69. The maximum atomic E-state index is 5.96. The van der Waals surface area contributed by atoms with Gasteiger partial charge in [0.1, 0.15) is 0 Å². The fraction of sp³-hybridized carbons (Fsp3) is 0.846. The summed E-state index contributed by atoms with van der Waals surface area (Å²) in [5.74, 6) is -0.324. The quantitative estimate of drug-likeness (QED) is 0.679.